The SMILES string of the molecule is CCNC(C)c1ccc2c(c1)n(C)c(=O)n2C. The van der Waals surface area contributed by atoms with Crippen molar-refractivity contribution in [2.24, 2.45) is 14.1 Å². The Morgan fingerprint density at radius 2 is 1.88 bits per heavy atom. The Morgan fingerprint density at radius 1 is 1.24 bits per heavy atom. The summed E-state index contributed by atoms with van der Waals surface area (Å²) < 4.78 is 3.37. The van der Waals surface area contributed by atoms with E-state index in [4.69, 9.17) is 0 Å². The van der Waals surface area contributed by atoms with Crippen molar-refractivity contribution >= 4 is 11.0 Å². The lowest BCUT2D eigenvalue weighted by atomic mass is 10.1. The van der Waals surface area contributed by atoms with Crippen molar-refractivity contribution in [3.63, 3.8) is 0 Å². The van der Waals surface area contributed by atoms with Crippen LogP contribution in [0.4, 0.5) is 0 Å². The average Bonchev–Trinajstić information content (AvgIpc) is 2.55. The number of rotatable bonds is 3. The molecule has 0 fully saturated rings. The number of fused-ring (bicyclic) bond motifs is 1. The number of aryl methyl sites for hydroxylation is 2. The van der Waals surface area contributed by atoms with E-state index in [1.807, 2.05) is 13.1 Å². The Hall–Kier alpha value is -1.55. The van der Waals surface area contributed by atoms with Crippen molar-refractivity contribution in [2.75, 3.05) is 6.54 Å². The molecule has 0 bridgehead atoms. The van der Waals surface area contributed by atoms with Crippen molar-refractivity contribution in [3.8, 4) is 0 Å². The predicted molar refractivity (Wildman–Crippen MR) is 70.3 cm³/mol. The van der Waals surface area contributed by atoms with Crippen molar-refractivity contribution in [1.82, 2.24) is 14.5 Å². The smallest absolute Gasteiger partial charge is 0.310 e. The van der Waals surface area contributed by atoms with Crippen LogP contribution in [0.25, 0.3) is 11.0 Å². The summed E-state index contributed by atoms with van der Waals surface area (Å²) in [5, 5.41) is 3.37. The Bertz CT molecular complexity index is 594. The van der Waals surface area contributed by atoms with E-state index < -0.39 is 0 Å². The molecule has 1 unspecified atom stereocenters. The summed E-state index contributed by atoms with van der Waals surface area (Å²) in [5.41, 5.74) is 3.19. The van der Waals surface area contributed by atoms with E-state index in [-0.39, 0.29) is 5.69 Å². The summed E-state index contributed by atoms with van der Waals surface area (Å²) in [5.74, 6) is 0. The molecule has 0 aliphatic heterocycles. The zero-order chi connectivity index (χ0) is 12.6. The van der Waals surface area contributed by atoms with Crippen LogP contribution in [0.3, 0.4) is 0 Å². The molecule has 17 heavy (non-hydrogen) atoms. The minimum Gasteiger partial charge on any atom is -0.310 e. The average molecular weight is 233 g/mol. The van der Waals surface area contributed by atoms with Gasteiger partial charge < -0.3 is 5.32 Å². The molecular weight excluding hydrogens is 214 g/mol. The van der Waals surface area contributed by atoms with Gasteiger partial charge in [0.25, 0.3) is 0 Å². The highest BCUT2D eigenvalue weighted by Gasteiger charge is 2.10. The Balaban J connectivity index is 2.58. The van der Waals surface area contributed by atoms with Gasteiger partial charge in [-0.05, 0) is 31.2 Å². The molecule has 0 aliphatic carbocycles. The van der Waals surface area contributed by atoms with Crippen molar-refractivity contribution in [2.45, 2.75) is 19.9 Å². The molecule has 0 amide bonds. The van der Waals surface area contributed by atoms with Crippen molar-refractivity contribution in [1.29, 1.82) is 0 Å². The van der Waals surface area contributed by atoms with Gasteiger partial charge in [-0.2, -0.15) is 0 Å². The number of imidazole rings is 1. The van der Waals surface area contributed by atoms with E-state index in [0.29, 0.717) is 6.04 Å². The van der Waals surface area contributed by atoms with E-state index in [9.17, 15) is 4.79 Å². The van der Waals surface area contributed by atoms with Crippen LogP contribution >= 0.6 is 0 Å². The summed E-state index contributed by atoms with van der Waals surface area (Å²) in [6.45, 7) is 5.16. The zero-order valence-electron chi connectivity index (χ0n) is 10.8. The molecule has 0 aliphatic rings. The van der Waals surface area contributed by atoms with Crippen LogP contribution in [-0.2, 0) is 14.1 Å². The highest BCUT2D eigenvalue weighted by Crippen LogP contribution is 2.18. The summed E-state index contributed by atoms with van der Waals surface area (Å²) in [4.78, 5) is 11.8. The lowest BCUT2D eigenvalue weighted by Crippen LogP contribution is -2.19. The van der Waals surface area contributed by atoms with Gasteiger partial charge in [0.1, 0.15) is 0 Å². The van der Waals surface area contributed by atoms with Gasteiger partial charge in [-0.3, -0.25) is 9.13 Å². The second-order valence-electron chi connectivity index (χ2n) is 4.43. The molecule has 92 valence electrons. The maximum Gasteiger partial charge on any atom is 0.328 e. The standard InChI is InChI=1S/C13H19N3O/c1-5-14-9(2)10-6-7-11-12(8-10)16(4)13(17)15(11)3/h6-9,14H,5H2,1-4H3. The minimum atomic E-state index is 0.0215. The first-order chi connectivity index (χ1) is 8.06. The fourth-order valence-corrected chi connectivity index (χ4v) is 2.22. The first-order valence-corrected chi connectivity index (χ1v) is 5.95. The maximum atomic E-state index is 11.8. The predicted octanol–water partition coefficient (Wildman–Crippen LogP) is 1.55. The van der Waals surface area contributed by atoms with E-state index >= 15 is 0 Å². The summed E-state index contributed by atoms with van der Waals surface area (Å²) >= 11 is 0. The molecular formula is C13H19N3O. The minimum absolute atomic E-state index is 0.0215. The monoisotopic (exact) mass is 233 g/mol. The molecule has 1 atom stereocenters. The molecule has 2 aromatic rings. The van der Waals surface area contributed by atoms with Crippen molar-refractivity contribution < 1.29 is 0 Å². The lowest BCUT2D eigenvalue weighted by molar-refractivity contribution is 0.598. The van der Waals surface area contributed by atoms with Crippen LogP contribution in [0.15, 0.2) is 23.0 Å². The lowest BCUT2D eigenvalue weighted by Gasteiger charge is -2.12. The van der Waals surface area contributed by atoms with E-state index in [2.05, 4.69) is 31.3 Å². The Morgan fingerprint density at radius 3 is 2.53 bits per heavy atom. The van der Waals surface area contributed by atoms with Crippen LogP contribution in [-0.4, -0.2) is 15.7 Å². The fourth-order valence-electron chi connectivity index (χ4n) is 2.22. The van der Waals surface area contributed by atoms with Crippen LogP contribution in [0.2, 0.25) is 0 Å². The second kappa shape index (κ2) is 4.37. The van der Waals surface area contributed by atoms with Crippen molar-refractivity contribution in [3.05, 3.63) is 34.2 Å². The normalized spacial score (nSPS) is 13.2. The molecule has 0 spiro atoms. The van der Waals surface area contributed by atoms with Gasteiger partial charge in [-0.25, -0.2) is 4.79 Å². The molecule has 2 rings (SSSR count). The first-order valence-electron chi connectivity index (χ1n) is 5.95. The third-order valence-electron chi connectivity index (χ3n) is 3.31. The quantitative estimate of drug-likeness (QED) is 0.873. The second-order valence-corrected chi connectivity index (χ2v) is 4.43. The van der Waals surface area contributed by atoms with Gasteiger partial charge in [0.15, 0.2) is 0 Å². The summed E-state index contributed by atoms with van der Waals surface area (Å²) in [7, 11) is 3.62. The summed E-state index contributed by atoms with van der Waals surface area (Å²) in [6, 6.07) is 6.48. The maximum absolute atomic E-state index is 11.8. The molecule has 0 saturated carbocycles. The van der Waals surface area contributed by atoms with E-state index in [0.717, 1.165) is 17.6 Å². The van der Waals surface area contributed by atoms with Crippen LogP contribution in [0.5, 0.6) is 0 Å². The largest absolute Gasteiger partial charge is 0.328 e. The third kappa shape index (κ3) is 1.89. The van der Waals surface area contributed by atoms with Gasteiger partial charge in [0, 0.05) is 20.1 Å². The molecule has 4 nitrogen and oxygen atoms in total. The fraction of sp³-hybridized carbons (Fsp3) is 0.462. The van der Waals surface area contributed by atoms with Gasteiger partial charge in [-0.15, -0.1) is 0 Å². The number of nitrogens with one attached hydrogen (secondary N) is 1. The molecule has 1 aromatic heterocycles. The molecule has 1 N–H and O–H groups in total. The van der Waals surface area contributed by atoms with Crippen LogP contribution in [0, 0.1) is 0 Å². The van der Waals surface area contributed by atoms with Gasteiger partial charge >= 0.3 is 5.69 Å². The van der Waals surface area contributed by atoms with E-state index in [1.54, 1.807) is 16.2 Å². The Labute approximate surface area is 101 Å². The number of hydrogen-bond acceptors (Lipinski definition) is 2. The summed E-state index contributed by atoms with van der Waals surface area (Å²) in [6.07, 6.45) is 0. The van der Waals surface area contributed by atoms with Gasteiger partial charge in [-0.1, -0.05) is 13.0 Å². The van der Waals surface area contributed by atoms with Crippen LogP contribution in [0.1, 0.15) is 25.5 Å². The topological polar surface area (TPSA) is 39.0 Å². The molecule has 0 saturated heterocycles. The number of hydrogen-bond donors (Lipinski definition) is 1. The van der Waals surface area contributed by atoms with E-state index in [1.165, 1.54) is 5.56 Å². The Kier molecular flexibility index (Phi) is 3.07. The molecule has 0 radical (unpaired) electrons. The third-order valence-corrected chi connectivity index (χ3v) is 3.31. The molecule has 1 aromatic carbocycles. The zero-order valence-corrected chi connectivity index (χ0v) is 10.8. The number of nitrogens with zero attached hydrogens (tertiary/aromatic N) is 2. The molecule has 1 heterocycles. The number of benzene rings is 1. The number of aromatic nitrogens is 2. The van der Waals surface area contributed by atoms with Gasteiger partial charge in [0.05, 0.1) is 11.0 Å². The first kappa shape index (κ1) is 11.9. The highest BCUT2D eigenvalue weighted by atomic mass is 16.1. The highest BCUT2D eigenvalue weighted by molar-refractivity contribution is 5.77. The van der Waals surface area contributed by atoms with Gasteiger partial charge in [0.2, 0.25) is 0 Å². The van der Waals surface area contributed by atoms with Crippen LogP contribution < -0.4 is 11.0 Å². The molecule has 4 heteroatoms.